The summed E-state index contributed by atoms with van der Waals surface area (Å²) in [5.74, 6) is 1.52. The topological polar surface area (TPSA) is 109 Å². The summed E-state index contributed by atoms with van der Waals surface area (Å²) in [4.78, 5) is 28.7. The van der Waals surface area contributed by atoms with Crippen LogP contribution in [0.1, 0.15) is 43.6 Å². The highest BCUT2D eigenvalue weighted by molar-refractivity contribution is 9.10. The summed E-state index contributed by atoms with van der Waals surface area (Å²) < 4.78 is 14.6. The lowest BCUT2D eigenvalue weighted by molar-refractivity contribution is -0.384. The van der Waals surface area contributed by atoms with Crippen molar-refractivity contribution in [2.45, 2.75) is 39.7 Å². The molecule has 0 saturated heterocycles. The number of fused-ring (bicyclic) bond motifs is 1. The van der Waals surface area contributed by atoms with Crippen LogP contribution in [0.5, 0.6) is 11.5 Å². The van der Waals surface area contributed by atoms with Gasteiger partial charge in [0, 0.05) is 23.0 Å². The summed E-state index contributed by atoms with van der Waals surface area (Å²) in [6.07, 6.45) is 4.04. The Balaban J connectivity index is 1.67. The van der Waals surface area contributed by atoms with Crippen molar-refractivity contribution < 1.29 is 14.4 Å². The minimum atomic E-state index is -0.442. The third-order valence-corrected chi connectivity index (χ3v) is 6.87. The first kappa shape index (κ1) is 28.4. The molecule has 9 nitrogen and oxygen atoms in total. The van der Waals surface area contributed by atoms with Crippen LogP contribution in [0.4, 0.5) is 5.69 Å². The van der Waals surface area contributed by atoms with Crippen LogP contribution in [-0.2, 0) is 13.0 Å². The van der Waals surface area contributed by atoms with Gasteiger partial charge in [-0.1, -0.05) is 41.4 Å². The normalized spacial score (nSPS) is 11.3. The van der Waals surface area contributed by atoms with Gasteiger partial charge in [0.15, 0.2) is 11.5 Å². The number of non-ortho nitro benzene ring substituents is 1. The maximum absolute atomic E-state index is 13.4. The van der Waals surface area contributed by atoms with Gasteiger partial charge in [-0.25, -0.2) is 4.98 Å². The van der Waals surface area contributed by atoms with E-state index in [1.54, 1.807) is 36.5 Å². The van der Waals surface area contributed by atoms with Gasteiger partial charge in [-0.2, -0.15) is 9.78 Å². The standard InChI is InChI=1S/C28H26Br2N4O5/c1-3-5-9-26-32-24-11-10-20(29)15-22(24)28(35)33(26)31-16-19-13-23(30)27(25(14-19)38-4-2)39-17-18-7-6-8-21(12-18)34(36)37/h6-8,10-16H,3-5,9,17H2,1-2H3. The van der Waals surface area contributed by atoms with Crippen LogP contribution in [0, 0.1) is 10.1 Å². The Kier molecular flexibility index (Phi) is 9.47. The van der Waals surface area contributed by atoms with Crippen molar-refractivity contribution >= 4 is 54.7 Å². The largest absolute Gasteiger partial charge is 0.490 e. The molecule has 0 spiro atoms. The molecular weight excluding hydrogens is 632 g/mol. The Hall–Kier alpha value is -3.57. The molecule has 0 atom stereocenters. The van der Waals surface area contributed by atoms with Gasteiger partial charge in [-0.3, -0.25) is 14.9 Å². The average molecular weight is 658 g/mol. The highest BCUT2D eigenvalue weighted by atomic mass is 79.9. The van der Waals surface area contributed by atoms with Crippen LogP contribution in [0.3, 0.4) is 0 Å². The van der Waals surface area contributed by atoms with Gasteiger partial charge < -0.3 is 9.47 Å². The summed E-state index contributed by atoms with van der Waals surface area (Å²) in [5, 5.41) is 16.1. The molecule has 4 aromatic rings. The van der Waals surface area contributed by atoms with Crippen molar-refractivity contribution in [1.29, 1.82) is 0 Å². The zero-order chi connectivity index (χ0) is 27.9. The quantitative estimate of drug-likeness (QED) is 0.0973. The molecule has 0 amide bonds. The highest BCUT2D eigenvalue weighted by Gasteiger charge is 2.15. The number of hydrogen-bond donors (Lipinski definition) is 0. The second-order valence-corrected chi connectivity index (χ2v) is 10.4. The lowest BCUT2D eigenvalue weighted by Gasteiger charge is -2.15. The van der Waals surface area contributed by atoms with E-state index in [1.807, 2.05) is 19.1 Å². The van der Waals surface area contributed by atoms with Gasteiger partial charge in [0.25, 0.3) is 11.2 Å². The fraction of sp³-hybridized carbons (Fsp3) is 0.250. The van der Waals surface area contributed by atoms with E-state index >= 15 is 0 Å². The third kappa shape index (κ3) is 6.90. The van der Waals surface area contributed by atoms with Crippen molar-refractivity contribution in [3.63, 3.8) is 0 Å². The van der Waals surface area contributed by atoms with Crippen molar-refractivity contribution in [3.05, 3.63) is 101 Å². The van der Waals surface area contributed by atoms with Crippen LogP contribution >= 0.6 is 31.9 Å². The molecule has 202 valence electrons. The smallest absolute Gasteiger partial charge is 0.282 e. The Morgan fingerprint density at radius 3 is 2.67 bits per heavy atom. The van der Waals surface area contributed by atoms with E-state index < -0.39 is 4.92 Å². The highest BCUT2D eigenvalue weighted by Crippen LogP contribution is 2.37. The number of rotatable bonds is 11. The first-order valence-electron chi connectivity index (χ1n) is 12.4. The molecule has 4 rings (SSSR count). The molecule has 0 radical (unpaired) electrons. The van der Waals surface area contributed by atoms with Crippen molar-refractivity contribution in [3.8, 4) is 11.5 Å². The van der Waals surface area contributed by atoms with Crippen LogP contribution in [0.15, 0.2) is 73.4 Å². The lowest BCUT2D eigenvalue weighted by Crippen LogP contribution is -2.22. The first-order valence-corrected chi connectivity index (χ1v) is 14.0. The van der Waals surface area contributed by atoms with Gasteiger partial charge in [-0.15, -0.1) is 0 Å². The van der Waals surface area contributed by atoms with Crippen molar-refractivity contribution in [2.75, 3.05) is 6.61 Å². The Morgan fingerprint density at radius 2 is 1.92 bits per heavy atom. The van der Waals surface area contributed by atoms with Crippen LogP contribution < -0.4 is 15.0 Å². The van der Waals surface area contributed by atoms with Gasteiger partial charge >= 0.3 is 0 Å². The number of halogens is 2. The Morgan fingerprint density at radius 1 is 1.10 bits per heavy atom. The summed E-state index contributed by atoms with van der Waals surface area (Å²) >= 11 is 6.98. The fourth-order valence-electron chi connectivity index (χ4n) is 3.92. The zero-order valence-electron chi connectivity index (χ0n) is 21.4. The molecule has 3 aromatic carbocycles. The summed E-state index contributed by atoms with van der Waals surface area (Å²) in [6.45, 7) is 4.45. The average Bonchev–Trinajstić information content (AvgIpc) is 2.91. The number of aromatic nitrogens is 2. The number of aryl methyl sites for hydroxylation is 1. The number of nitro groups is 1. The SMILES string of the molecule is CCCCc1nc2ccc(Br)cc2c(=O)n1N=Cc1cc(Br)c(OCc2cccc([N+](=O)[O-])c2)c(OCC)c1. The van der Waals surface area contributed by atoms with Gasteiger partial charge in [-0.05, 0) is 70.7 Å². The van der Waals surface area contributed by atoms with E-state index in [1.165, 1.54) is 16.8 Å². The molecule has 1 aromatic heterocycles. The van der Waals surface area contributed by atoms with Crippen molar-refractivity contribution in [1.82, 2.24) is 9.66 Å². The molecule has 11 heteroatoms. The number of ether oxygens (including phenoxy) is 2. The van der Waals surface area contributed by atoms with Gasteiger partial charge in [0.2, 0.25) is 0 Å². The van der Waals surface area contributed by atoms with Crippen LogP contribution in [-0.4, -0.2) is 27.4 Å². The van der Waals surface area contributed by atoms with Crippen LogP contribution in [0.25, 0.3) is 10.9 Å². The molecule has 0 N–H and O–H groups in total. The molecule has 0 aliphatic carbocycles. The van der Waals surface area contributed by atoms with Gasteiger partial charge in [0.1, 0.15) is 12.4 Å². The zero-order valence-corrected chi connectivity index (χ0v) is 24.6. The minimum absolute atomic E-state index is 0.00385. The molecule has 0 saturated carbocycles. The van der Waals surface area contributed by atoms with E-state index in [2.05, 4.69) is 43.9 Å². The summed E-state index contributed by atoms with van der Waals surface area (Å²) in [6, 6.07) is 15.3. The van der Waals surface area contributed by atoms with E-state index in [0.717, 1.165) is 17.3 Å². The monoisotopic (exact) mass is 656 g/mol. The minimum Gasteiger partial charge on any atom is -0.490 e. The predicted octanol–water partition coefficient (Wildman–Crippen LogP) is 7.03. The maximum atomic E-state index is 13.4. The van der Waals surface area contributed by atoms with Crippen molar-refractivity contribution in [2.24, 2.45) is 5.10 Å². The molecule has 0 bridgehead atoms. The molecule has 39 heavy (non-hydrogen) atoms. The molecule has 0 fully saturated rings. The van der Waals surface area contributed by atoms with Gasteiger partial charge in [0.05, 0.1) is 33.1 Å². The number of hydrogen-bond acceptors (Lipinski definition) is 7. The number of benzene rings is 3. The third-order valence-electron chi connectivity index (χ3n) is 5.79. The summed E-state index contributed by atoms with van der Waals surface area (Å²) in [7, 11) is 0. The molecule has 0 unspecified atom stereocenters. The predicted molar refractivity (Wildman–Crippen MR) is 158 cm³/mol. The molecular formula is C28H26Br2N4O5. The van der Waals surface area contributed by atoms with Crippen LogP contribution in [0.2, 0.25) is 0 Å². The molecule has 1 heterocycles. The lowest BCUT2D eigenvalue weighted by atomic mass is 10.2. The summed E-state index contributed by atoms with van der Waals surface area (Å²) in [5.41, 5.74) is 1.71. The molecule has 0 aliphatic heterocycles. The maximum Gasteiger partial charge on any atom is 0.282 e. The van der Waals surface area contributed by atoms with E-state index in [0.29, 0.717) is 56.9 Å². The second-order valence-electron chi connectivity index (χ2n) is 8.63. The van der Waals surface area contributed by atoms with E-state index in [9.17, 15) is 14.9 Å². The Labute approximate surface area is 241 Å². The fourth-order valence-corrected chi connectivity index (χ4v) is 4.85. The molecule has 0 aliphatic rings. The number of nitrogens with zero attached hydrogens (tertiary/aromatic N) is 4. The first-order chi connectivity index (χ1) is 18.8. The second kappa shape index (κ2) is 13.0. The number of nitro benzene ring substituents is 1. The Bertz CT molecular complexity index is 1600. The van der Waals surface area contributed by atoms with E-state index in [4.69, 9.17) is 14.5 Å². The number of unbranched alkanes of at least 4 members (excludes halogenated alkanes) is 1. The van der Waals surface area contributed by atoms with E-state index in [-0.39, 0.29) is 17.9 Å².